The van der Waals surface area contributed by atoms with E-state index < -0.39 is 0 Å². The highest BCUT2D eigenvalue weighted by molar-refractivity contribution is 6.33. The lowest BCUT2D eigenvalue weighted by atomic mass is 10.1. The van der Waals surface area contributed by atoms with Gasteiger partial charge in [0.15, 0.2) is 5.82 Å². The average molecular weight is 300 g/mol. The molecule has 3 rings (SSSR count). The second-order valence-corrected chi connectivity index (χ2v) is 5.11. The van der Waals surface area contributed by atoms with E-state index in [0.717, 1.165) is 12.0 Å². The minimum absolute atomic E-state index is 0.583. The number of nitrogens with zero attached hydrogens (tertiary/aromatic N) is 4. The first-order chi connectivity index (χ1) is 10.2. The maximum atomic E-state index is 6.21. The van der Waals surface area contributed by atoms with Gasteiger partial charge in [0.1, 0.15) is 0 Å². The number of nitrogens with two attached hydrogens (primary N) is 1. The number of hydrogen-bond acceptors (Lipinski definition) is 4. The summed E-state index contributed by atoms with van der Waals surface area (Å²) in [5.74, 6) is 0.628. The van der Waals surface area contributed by atoms with Gasteiger partial charge in [-0.1, -0.05) is 41.9 Å². The molecule has 106 valence electrons. The summed E-state index contributed by atoms with van der Waals surface area (Å²) >= 11 is 6.21. The number of aryl methyl sites for hydroxylation is 2. The van der Waals surface area contributed by atoms with Gasteiger partial charge in [-0.05, 0) is 40.6 Å². The van der Waals surface area contributed by atoms with Gasteiger partial charge in [0.2, 0.25) is 0 Å². The van der Waals surface area contributed by atoms with Crippen LogP contribution in [0.3, 0.4) is 0 Å². The zero-order chi connectivity index (χ0) is 14.7. The molecule has 0 fully saturated rings. The third-order valence-electron chi connectivity index (χ3n) is 3.22. The highest BCUT2D eigenvalue weighted by atomic mass is 35.5. The quantitative estimate of drug-likeness (QED) is 0.752. The SMILES string of the molecule is Nc1ccc(Cl)c(-c2nnnn2CCc2ccccc2)c1. The third-order valence-corrected chi connectivity index (χ3v) is 3.55. The predicted molar refractivity (Wildman–Crippen MR) is 82.8 cm³/mol. The Hall–Kier alpha value is -2.40. The molecule has 0 spiro atoms. The highest BCUT2D eigenvalue weighted by Crippen LogP contribution is 2.27. The van der Waals surface area contributed by atoms with Crippen molar-refractivity contribution in [3.8, 4) is 11.4 Å². The Morgan fingerprint density at radius 3 is 2.71 bits per heavy atom. The van der Waals surface area contributed by atoms with Crippen molar-refractivity contribution in [3.05, 3.63) is 59.1 Å². The molecule has 3 aromatic rings. The molecule has 0 amide bonds. The van der Waals surface area contributed by atoms with Crippen LogP contribution in [0.4, 0.5) is 5.69 Å². The number of tetrazole rings is 1. The number of anilines is 1. The predicted octanol–water partition coefficient (Wildman–Crippen LogP) is 2.82. The Morgan fingerprint density at radius 2 is 1.90 bits per heavy atom. The van der Waals surface area contributed by atoms with Crippen molar-refractivity contribution < 1.29 is 0 Å². The molecule has 21 heavy (non-hydrogen) atoms. The number of rotatable bonds is 4. The number of aromatic nitrogens is 4. The van der Waals surface area contributed by atoms with Crippen LogP contribution in [-0.2, 0) is 13.0 Å². The van der Waals surface area contributed by atoms with E-state index in [0.29, 0.717) is 23.1 Å². The lowest BCUT2D eigenvalue weighted by molar-refractivity contribution is 0.594. The summed E-state index contributed by atoms with van der Waals surface area (Å²) in [6.45, 7) is 0.678. The van der Waals surface area contributed by atoms with Crippen LogP contribution in [0.15, 0.2) is 48.5 Å². The molecule has 0 bridgehead atoms. The second-order valence-electron chi connectivity index (χ2n) is 4.70. The van der Waals surface area contributed by atoms with Crippen LogP contribution in [0.2, 0.25) is 5.02 Å². The third kappa shape index (κ3) is 3.03. The van der Waals surface area contributed by atoms with E-state index in [-0.39, 0.29) is 0 Å². The highest BCUT2D eigenvalue weighted by Gasteiger charge is 2.12. The van der Waals surface area contributed by atoms with Crippen LogP contribution in [0.25, 0.3) is 11.4 Å². The molecule has 2 N–H and O–H groups in total. The van der Waals surface area contributed by atoms with Crippen molar-refractivity contribution in [1.29, 1.82) is 0 Å². The molecule has 0 aliphatic heterocycles. The molecule has 1 heterocycles. The van der Waals surface area contributed by atoms with Crippen LogP contribution >= 0.6 is 11.6 Å². The van der Waals surface area contributed by atoms with E-state index in [1.807, 2.05) is 18.2 Å². The van der Waals surface area contributed by atoms with Crippen LogP contribution in [-0.4, -0.2) is 20.2 Å². The largest absolute Gasteiger partial charge is 0.399 e. The molecule has 6 heteroatoms. The molecule has 1 aromatic heterocycles. The maximum Gasteiger partial charge on any atom is 0.183 e. The lowest BCUT2D eigenvalue weighted by Crippen LogP contribution is -2.06. The first kappa shape index (κ1) is 13.6. The van der Waals surface area contributed by atoms with Gasteiger partial charge in [-0.25, -0.2) is 4.68 Å². The molecule has 5 nitrogen and oxygen atoms in total. The van der Waals surface area contributed by atoms with Crippen molar-refractivity contribution in [2.24, 2.45) is 0 Å². The van der Waals surface area contributed by atoms with Crippen LogP contribution in [0.5, 0.6) is 0 Å². The molecule has 0 saturated heterocycles. The molecule has 0 aliphatic rings. The zero-order valence-electron chi connectivity index (χ0n) is 11.3. The summed E-state index contributed by atoms with van der Waals surface area (Å²) in [7, 11) is 0. The van der Waals surface area contributed by atoms with E-state index in [2.05, 4.69) is 27.7 Å². The van der Waals surface area contributed by atoms with Crippen LogP contribution < -0.4 is 5.73 Å². The van der Waals surface area contributed by atoms with Gasteiger partial charge in [0.25, 0.3) is 0 Å². The molecule has 0 atom stereocenters. The standard InChI is InChI=1S/C15H14ClN5/c16-14-7-6-12(17)10-13(14)15-18-19-20-21(15)9-8-11-4-2-1-3-5-11/h1-7,10H,8-9,17H2. The number of nitrogen functional groups attached to an aromatic ring is 1. The molecular weight excluding hydrogens is 286 g/mol. The van der Waals surface area contributed by atoms with E-state index >= 15 is 0 Å². The van der Waals surface area contributed by atoms with E-state index in [1.54, 1.807) is 22.9 Å². The Bertz CT molecular complexity index is 739. The van der Waals surface area contributed by atoms with Gasteiger partial charge < -0.3 is 5.73 Å². The minimum atomic E-state index is 0.583. The van der Waals surface area contributed by atoms with E-state index in [9.17, 15) is 0 Å². The fourth-order valence-corrected chi connectivity index (χ4v) is 2.34. The molecule has 0 radical (unpaired) electrons. The topological polar surface area (TPSA) is 69.6 Å². The van der Waals surface area contributed by atoms with Gasteiger partial charge in [0.05, 0.1) is 5.02 Å². The summed E-state index contributed by atoms with van der Waals surface area (Å²) in [5.41, 5.74) is 8.42. The van der Waals surface area contributed by atoms with E-state index in [1.165, 1.54) is 5.56 Å². The fourth-order valence-electron chi connectivity index (χ4n) is 2.14. The summed E-state index contributed by atoms with van der Waals surface area (Å²) in [5, 5.41) is 12.4. The Balaban J connectivity index is 1.86. The Morgan fingerprint density at radius 1 is 1.10 bits per heavy atom. The average Bonchev–Trinajstić information content (AvgIpc) is 2.97. The smallest absolute Gasteiger partial charge is 0.183 e. The van der Waals surface area contributed by atoms with Crippen LogP contribution in [0, 0.1) is 0 Å². The first-order valence-electron chi connectivity index (χ1n) is 6.59. The number of benzene rings is 2. The molecule has 0 saturated carbocycles. The lowest BCUT2D eigenvalue weighted by Gasteiger charge is -2.07. The summed E-state index contributed by atoms with van der Waals surface area (Å²) in [4.78, 5) is 0. The zero-order valence-corrected chi connectivity index (χ0v) is 12.0. The van der Waals surface area contributed by atoms with E-state index in [4.69, 9.17) is 17.3 Å². The summed E-state index contributed by atoms with van der Waals surface area (Å²) in [6.07, 6.45) is 0.846. The normalized spacial score (nSPS) is 10.7. The van der Waals surface area contributed by atoms with Crippen LogP contribution in [0.1, 0.15) is 5.56 Å². The summed E-state index contributed by atoms with van der Waals surface area (Å²) in [6, 6.07) is 15.5. The van der Waals surface area contributed by atoms with Gasteiger partial charge in [-0.15, -0.1) is 5.10 Å². The Labute approximate surface area is 127 Å². The molecular formula is C15H14ClN5. The second kappa shape index (κ2) is 5.93. The van der Waals surface area contributed by atoms with Crippen molar-refractivity contribution in [2.45, 2.75) is 13.0 Å². The van der Waals surface area contributed by atoms with Crippen molar-refractivity contribution in [3.63, 3.8) is 0 Å². The van der Waals surface area contributed by atoms with Gasteiger partial charge >= 0.3 is 0 Å². The maximum absolute atomic E-state index is 6.21. The monoisotopic (exact) mass is 299 g/mol. The van der Waals surface area contributed by atoms with Gasteiger partial charge in [-0.3, -0.25) is 0 Å². The first-order valence-corrected chi connectivity index (χ1v) is 6.97. The number of halogens is 1. The Kier molecular flexibility index (Phi) is 3.83. The molecule has 0 unspecified atom stereocenters. The molecule has 2 aromatic carbocycles. The number of hydrogen-bond donors (Lipinski definition) is 1. The van der Waals surface area contributed by atoms with Gasteiger partial charge in [0, 0.05) is 17.8 Å². The van der Waals surface area contributed by atoms with Gasteiger partial charge in [-0.2, -0.15) is 0 Å². The van der Waals surface area contributed by atoms with Crippen molar-refractivity contribution in [2.75, 3.05) is 5.73 Å². The molecule has 0 aliphatic carbocycles. The van der Waals surface area contributed by atoms with Crippen molar-refractivity contribution >= 4 is 17.3 Å². The summed E-state index contributed by atoms with van der Waals surface area (Å²) < 4.78 is 1.74. The minimum Gasteiger partial charge on any atom is -0.399 e. The fraction of sp³-hybridized carbons (Fsp3) is 0.133. The van der Waals surface area contributed by atoms with Crippen molar-refractivity contribution in [1.82, 2.24) is 20.2 Å².